The molecule has 0 aromatic carbocycles. The van der Waals surface area contributed by atoms with Gasteiger partial charge in [-0.15, -0.1) is 0 Å². The van der Waals surface area contributed by atoms with Crippen LogP contribution in [-0.4, -0.2) is 32.7 Å². The van der Waals surface area contributed by atoms with Gasteiger partial charge in [0, 0.05) is 62.7 Å². The second-order valence-electron chi connectivity index (χ2n) is 6.03. The van der Waals surface area contributed by atoms with E-state index in [9.17, 15) is 0 Å². The molecule has 0 bridgehead atoms. The van der Waals surface area contributed by atoms with Crippen LogP contribution in [0, 0.1) is 5.92 Å². The monoisotopic (exact) mass is 303 g/mol. The highest BCUT2D eigenvalue weighted by molar-refractivity contribution is 5.11. The molecule has 2 aromatic heterocycles. The third-order valence-corrected chi connectivity index (χ3v) is 4.14. The minimum atomic E-state index is 0.170. The van der Waals surface area contributed by atoms with E-state index in [2.05, 4.69) is 34.8 Å². The molecule has 3 rings (SSSR count). The third kappa shape index (κ3) is 3.56. The number of hydrogen-bond donors (Lipinski definition) is 1. The first-order valence-corrected chi connectivity index (χ1v) is 8.08. The van der Waals surface area contributed by atoms with Gasteiger partial charge >= 0.3 is 0 Å². The number of nitrogens with zero attached hydrogens (tertiary/aromatic N) is 4. The summed E-state index contributed by atoms with van der Waals surface area (Å²) in [6.07, 6.45) is 10.4. The predicted molar refractivity (Wildman–Crippen MR) is 84.2 cm³/mol. The van der Waals surface area contributed by atoms with Gasteiger partial charge < -0.3 is 10.1 Å². The van der Waals surface area contributed by atoms with Gasteiger partial charge in [0.15, 0.2) is 0 Å². The number of aromatic nitrogens is 4. The maximum Gasteiger partial charge on any atom is 0.0896 e. The highest BCUT2D eigenvalue weighted by Crippen LogP contribution is 2.33. The molecule has 1 N–H and O–H groups in total. The van der Waals surface area contributed by atoms with Crippen LogP contribution >= 0.6 is 0 Å². The average Bonchev–Trinajstić information content (AvgIpc) is 3.21. The topological polar surface area (TPSA) is 56.9 Å². The maximum atomic E-state index is 5.89. The molecule has 6 heteroatoms. The van der Waals surface area contributed by atoms with Crippen LogP contribution in [0.3, 0.4) is 0 Å². The van der Waals surface area contributed by atoms with Crippen molar-refractivity contribution in [1.29, 1.82) is 0 Å². The SMILES string of the molecule is CCCn1cc(CNC[C@@H]2CCO[C@H]2c2cnn(C)c2)cn1. The smallest absolute Gasteiger partial charge is 0.0896 e. The molecule has 1 aliphatic rings. The third-order valence-electron chi connectivity index (χ3n) is 4.14. The molecule has 0 saturated carbocycles. The van der Waals surface area contributed by atoms with Crippen LogP contribution < -0.4 is 5.32 Å². The van der Waals surface area contributed by atoms with Crippen LogP contribution in [0.5, 0.6) is 0 Å². The van der Waals surface area contributed by atoms with Crippen molar-refractivity contribution in [2.75, 3.05) is 13.2 Å². The Bertz CT molecular complexity index is 591. The second kappa shape index (κ2) is 7.07. The Balaban J connectivity index is 1.50. The van der Waals surface area contributed by atoms with E-state index in [0.29, 0.717) is 5.92 Å². The lowest BCUT2D eigenvalue weighted by Gasteiger charge is -2.17. The first-order chi connectivity index (χ1) is 10.8. The molecule has 22 heavy (non-hydrogen) atoms. The van der Waals surface area contributed by atoms with Gasteiger partial charge in [-0.05, 0) is 12.8 Å². The number of hydrogen-bond acceptors (Lipinski definition) is 4. The normalized spacial score (nSPS) is 21.5. The highest BCUT2D eigenvalue weighted by atomic mass is 16.5. The molecule has 1 aliphatic heterocycles. The molecule has 2 aromatic rings. The molecule has 120 valence electrons. The zero-order chi connectivity index (χ0) is 15.4. The van der Waals surface area contributed by atoms with Gasteiger partial charge in [0.25, 0.3) is 0 Å². The molecular formula is C16H25N5O. The molecule has 1 fully saturated rings. The van der Waals surface area contributed by atoms with Gasteiger partial charge in [-0.2, -0.15) is 10.2 Å². The molecule has 0 amide bonds. The summed E-state index contributed by atoms with van der Waals surface area (Å²) >= 11 is 0. The predicted octanol–water partition coefficient (Wildman–Crippen LogP) is 1.89. The lowest BCUT2D eigenvalue weighted by molar-refractivity contribution is 0.0904. The van der Waals surface area contributed by atoms with Crippen LogP contribution in [-0.2, 0) is 24.9 Å². The Labute approximate surface area is 131 Å². The van der Waals surface area contributed by atoms with E-state index in [0.717, 1.165) is 39.1 Å². The fourth-order valence-electron chi connectivity index (χ4n) is 3.05. The molecular weight excluding hydrogens is 278 g/mol. The lowest BCUT2D eigenvalue weighted by atomic mass is 9.97. The summed E-state index contributed by atoms with van der Waals surface area (Å²) in [5, 5.41) is 12.2. The maximum absolute atomic E-state index is 5.89. The summed E-state index contributed by atoms with van der Waals surface area (Å²) in [6.45, 7) is 5.80. The van der Waals surface area contributed by atoms with Crippen molar-refractivity contribution < 1.29 is 4.74 Å². The van der Waals surface area contributed by atoms with Crippen molar-refractivity contribution in [2.45, 2.75) is 39.0 Å². The van der Waals surface area contributed by atoms with Gasteiger partial charge in [0.2, 0.25) is 0 Å². The Morgan fingerprint density at radius 2 is 2.23 bits per heavy atom. The zero-order valence-electron chi connectivity index (χ0n) is 13.4. The summed E-state index contributed by atoms with van der Waals surface area (Å²) in [5.41, 5.74) is 2.42. The summed E-state index contributed by atoms with van der Waals surface area (Å²) in [5.74, 6) is 0.509. The van der Waals surface area contributed by atoms with E-state index in [1.165, 1.54) is 11.1 Å². The Morgan fingerprint density at radius 1 is 1.32 bits per heavy atom. The fourth-order valence-corrected chi connectivity index (χ4v) is 3.05. The van der Waals surface area contributed by atoms with Gasteiger partial charge in [0.1, 0.15) is 0 Å². The van der Waals surface area contributed by atoms with E-state index in [1.807, 2.05) is 28.8 Å². The Hall–Kier alpha value is -1.66. The fraction of sp³-hybridized carbons (Fsp3) is 0.625. The number of aryl methyl sites for hydroxylation is 2. The molecule has 6 nitrogen and oxygen atoms in total. The minimum Gasteiger partial charge on any atom is -0.373 e. The number of nitrogens with one attached hydrogen (secondary N) is 1. The molecule has 0 aliphatic carbocycles. The molecule has 3 heterocycles. The van der Waals surface area contributed by atoms with Crippen LogP contribution in [0.4, 0.5) is 0 Å². The van der Waals surface area contributed by atoms with Crippen LogP contribution in [0.15, 0.2) is 24.8 Å². The van der Waals surface area contributed by atoms with Gasteiger partial charge in [-0.25, -0.2) is 0 Å². The van der Waals surface area contributed by atoms with E-state index in [-0.39, 0.29) is 6.10 Å². The van der Waals surface area contributed by atoms with Gasteiger partial charge in [-0.1, -0.05) is 6.92 Å². The quantitative estimate of drug-likeness (QED) is 0.849. The lowest BCUT2D eigenvalue weighted by Crippen LogP contribution is -2.24. The van der Waals surface area contributed by atoms with Crippen molar-refractivity contribution in [3.8, 4) is 0 Å². The molecule has 0 unspecified atom stereocenters. The minimum absolute atomic E-state index is 0.170. The summed E-state index contributed by atoms with van der Waals surface area (Å²) < 4.78 is 9.74. The number of ether oxygens (including phenoxy) is 1. The molecule has 1 saturated heterocycles. The Morgan fingerprint density at radius 3 is 3.00 bits per heavy atom. The first kappa shape index (κ1) is 15.2. The molecule has 0 spiro atoms. The van der Waals surface area contributed by atoms with E-state index < -0.39 is 0 Å². The zero-order valence-corrected chi connectivity index (χ0v) is 13.4. The first-order valence-electron chi connectivity index (χ1n) is 8.08. The second-order valence-corrected chi connectivity index (χ2v) is 6.03. The van der Waals surface area contributed by atoms with Gasteiger partial charge in [-0.3, -0.25) is 9.36 Å². The molecule has 2 atom stereocenters. The van der Waals surface area contributed by atoms with E-state index in [1.54, 1.807) is 0 Å². The van der Waals surface area contributed by atoms with Crippen LogP contribution in [0.25, 0.3) is 0 Å². The van der Waals surface area contributed by atoms with Crippen molar-refractivity contribution in [3.63, 3.8) is 0 Å². The highest BCUT2D eigenvalue weighted by Gasteiger charge is 2.30. The van der Waals surface area contributed by atoms with Crippen molar-refractivity contribution in [3.05, 3.63) is 35.9 Å². The van der Waals surface area contributed by atoms with Crippen molar-refractivity contribution in [2.24, 2.45) is 13.0 Å². The largest absolute Gasteiger partial charge is 0.373 e. The molecule has 0 radical (unpaired) electrons. The van der Waals surface area contributed by atoms with Gasteiger partial charge in [0.05, 0.1) is 18.5 Å². The van der Waals surface area contributed by atoms with Crippen molar-refractivity contribution >= 4 is 0 Å². The van der Waals surface area contributed by atoms with Crippen LogP contribution in [0.1, 0.15) is 37.0 Å². The summed E-state index contributed by atoms with van der Waals surface area (Å²) in [6, 6.07) is 0. The Kier molecular flexibility index (Phi) is 4.90. The van der Waals surface area contributed by atoms with E-state index in [4.69, 9.17) is 4.74 Å². The summed E-state index contributed by atoms with van der Waals surface area (Å²) in [4.78, 5) is 0. The summed E-state index contributed by atoms with van der Waals surface area (Å²) in [7, 11) is 1.94. The number of rotatable bonds is 7. The standard InChI is InChI=1S/C16H25N5O/c1-3-5-21-11-13(8-19-21)7-17-9-14-4-6-22-16(14)15-10-18-20(2)12-15/h8,10-12,14,16-17H,3-7,9H2,1-2H3/t14-,16+/m0/s1. The average molecular weight is 303 g/mol. The van der Waals surface area contributed by atoms with Crippen LogP contribution in [0.2, 0.25) is 0 Å². The van der Waals surface area contributed by atoms with Crippen molar-refractivity contribution in [1.82, 2.24) is 24.9 Å². The van der Waals surface area contributed by atoms with E-state index >= 15 is 0 Å².